The Bertz CT molecular complexity index is 946. The quantitative estimate of drug-likeness (QED) is 0.458. The van der Waals surface area contributed by atoms with Crippen molar-refractivity contribution in [2.24, 2.45) is 5.10 Å². The summed E-state index contributed by atoms with van der Waals surface area (Å²) in [7, 11) is 0. The number of carbonyl (C=O) groups excluding carboxylic acids is 1. The summed E-state index contributed by atoms with van der Waals surface area (Å²) < 4.78 is 0. The molecule has 0 bridgehead atoms. The molecular formula is C23H26N4O. The van der Waals surface area contributed by atoms with E-state index in [2.05, 4.69) is 58.9 Å². The van der Waals surface area contributed by atoms with Gasteiger partial charge in [0.1, 0.15) is 0 Å². The number of fused-ring (bicyclic) bond motifs is 1. The fourth-order valence-electron chi connectivity index (χ4n) is 3.06. The van der Waals surface area contributed by atoms with Crippen LogP contribution in [0.1, 0.15) is 19.4 Å². The second-order valence-electron chi connectivity index (χ2n) is 6.47. The Morgan fingerprint density at radius 1 is 0.964 bits per heavy atom. The molecule has 0 saturated carbocycles. The number of nitrogens with one attached hydrogen (secondary N) is 2. The first-order valence-electron chi connectivity index (χ1n) is 9.59. The molecule has 144 valence electrons. The standard InChI is InChI=1S/C23H26N4O/c1-3-27(4-2)22-13-9-18(10-14-22)16-25-26-23(28)17-24-21-12-11-19-7-5-6-8-20(19)15-21/h5-16,24H,3-4,17H2,1-2H3,(H,26,28)/b25-16+. The summed E-state index contributed by atoms with van der Waals surface area (Å²) in [6.45, 7) is 6.39. The van der Waals surface area contributed by atoms with Crippen molar-refractivity contribution in [1.29, 1.82) is 0 Å². The first-order chi connectivity index (χ1) is 13.7. The van der Waals surface area contributed by atoms with Crippen molar-refractivity contribution in [3.8, 4) is 0 Å². The van der Waals surface area contributed by atoms with Crippen molar-refractivity contribution in [2.75, 3.05) is 29.9 Å². The Kier molecular flexibility index (Phi) is 6.63. The van der Waals surface area contributed by atoms with Gasteiger partial charge < -0.3 is 10.2 Å². The lowest BCUT2D eigenvalue weighted by atomic mass is 10.1. The van der Waals surface area contributed by atoms with E-state index in [0.717, 1.165) is 29.7 Å². The second kappa shape index (κ2) is 9.55. The minimum atomic E-state index is -0.191. The van der Waals surface area contributed by atoms with Crippen LogP contribution in [0.4, 0.5) is 11.4 Å². The van der Waals surface area contributed by atoms with Gasteiger partial charge in [0.05, 0.1) is 12.8 Å². The average molecular weight is 374 g/mol. The van der Waals surface area contributed by atoms with Crippen LogP contribution in [0.15, 0.2) is 71.8 Å². The molecule has 0 spiro atoms. The highest BCUT2D eigenvalue weighted by molar-refractivity contribution is 5.87. The largest absolute Gasteiger partial charge is 0.376 e. The third-order valence-electron chi connectivity index (χ3n) is 4.63. The Hall–Kier alpha value is -3.34. The van der Waals surface area contributed by atoms with Crippen molar-refractivity contribution in [3.63, 3.8) is 0 Å². The minimum absolute atomic E-state index is 0.163. The number of rotatable bonds is 8. The van der Waals surface area contributed by atoms with E-state index in [4.69, 9.17) is 0 Å². The van der Waals surface area contributed by atoms with E-state index < -0.39 is 0 Å². The molecule has 28 heavy (non-hydrogen) atoms. The lowest BCUT2D eigenvalue weighted by molar-refractivity contribution is -0.119. The van der Waals surface area contributed by atoms with Gasteiger partial charge in [-0.3, -0.25) is 4.79 Å². The van der Waals surface area contributed by atoms with Gasteiger partial charge in [0.2, 0.25) is 0 Å². The first-order valence-corrected chi connectivity index (χ1v) is 9.59. The highest BCUT2D eigenvalue weighted by Crippen LogP contribution is 2.18. The van der Waals surface area contributed by atoms with Crippen LogP contribution < -0.4 is 15.6 Å². The summed E-state index contributed by atoms with van der Waals surface area (Å²) in [4.78, 5) is 14.3. The normalized spacial score (nSPS) is 10.9. The SMILES string of the molecule is CCN(CC)c1ccc(/C=N/NC(=O)CNc2ccc3ccccc3c2)cc1. The summed E-state index contributed by atoms with van der Waals surface area (Å²) in [5.74, 6) is -0.191. The maximum atomic E-state index is 12.0. The molecule has 0 unspecified atom stereocenters. The van der Waals surface area contributed by atoms with Crippen LogP contribution >= 0.6 is 0 Å². The van der Waals surface area contributed by atoms with E-state index in [9.17, 15) is 4.79 Å². The number of anilines is 2. The summed E-state index contributed by atoms with van der Waals surface area (Å²) in [5, 5.41) is 9.48. The maximum Gasteiger partial charge on any atom is 0.259 e. The van der Waals surface area contributed by atoms with Gasteiger partial charge in [0.25, 0.3) is 5.91 Å². The van der Waals surface area contributed by atoms with E-state index in [1.807, 2.05) is 42.5 Å². The number of hydrazone groups is 1. The molecule has 0 radical (unpaired) electrons. The van der Waals surface area contributed by atoms with Crippen LogP contribution in [0.5, 0.6) is 0 Å². The molecule has 0 fully saturated rings. The number of hydrogen-bond acceptors (Lipinski definition) is 4. The van der Waals surface area contributed by atoms with Gasteiger partial charge in [0, 0.05) is 24.5 Å². The highest BCUT2D eigenvalue weighted by atomic mass is 16.2. The first kappa shape index (κ1) is 19.4. The molecule has 3 aromatic carbocycles. The summed E-state index contributed by atoms with van der Waals surface area (Å²) in [5.41, 5.74) is 5.59. The van der Waals surface area contributed by atoms with E-state index in [1.54, 1.807) is 6.21 Å². The van der Waals surface area contributed by atoms with Gasteiger partial charge in [-0.2, -0.15) is 5.10 Å². The van der Waals surface area contributed by atoms with Crippen LogP contribution in [0, 0.1) is 0 Å². The molecule has 5 heteroatoms. The van der Waals surface area contributed by atoms with Gasteiger partial charge in [-0.1, -0.05) is 42.5 Å². The number of benzene rings is 3. The van der Waals surface area contributed by atoms with Crippen molar-refractivity contribution >= 4 is 34.3 Å². The van der Waals surface area contributed by atoms with Gasteiger partial charge in [-0.25, -0.2) is 5.43 Å². The summed E-state index contributed by atoms with van der Waals surface area (Å²) >= 11 is 0. The zero-order chi connectivity index (χ0) is 19.8. The lowest BCUT2D eigenvalue weighted by Gasteiger charge is -2.20. The predicted octanol–water partition coefficient (Wildman–Crippen LogP) is 4.25. The molecule has 1 amide bonds. The van der Waals surface area contributed by atoms with Crippen molar-refractivity contribution < 1.29 is 4.79 Å². The molecule has 0 saturated heterocycles. The number of carbonyl (C=O) groups is 1. The van der Waals surface area contributed by atoms with Gasteiger partial charge in [0.15, 0.2) is 0 Å². The average Bonchev–Trinajstić information content (AvgIpc) is 2.74. The zero-order valence-electron chi connectivity index (χ0n) is 16.4. The smallest absolute Gasteiger partial charge is 0.259 e. The third-order valence-corrected chi connectivity index (χ3v) is 4.63. The van der Waals surface area contributed by atoms with Crippen LogP contribution in [0.2, 0.25) is 0 Å². The molecule has 0 atom stereocenters. The molecule has 0 aliphatic carbocycles. The molecule has 5 nitrogen and oxygen atoms in total. The third kappa shape index (κ3) is 5.10. The molecule has 2 N–H and O–H groups in total. The molecule has 0 aliphatic rings. The van der Waals surface area contributed by atoms with Crippen LogP contribution in [-0.2, 0) is 4.79 Å². The number of nitrogens with zero attached hydrogens (tertiary/aromatic N) is 2. The van der Waals surface area contributed by atoms with E-state index in [1.165, 1.54) is 11.1 Å². The number of amides is 1. The monoisotopic (exact) mass is 374 g/mol. The van der Waals surface area contributed by atoms with E-state index >= 15 is 0 Å². The summed E-state index contributed by atoms with van der Waals surface area (Å²) in [6.07, 6.45) is 1.65. The molecule has 0 heterocycles. The van der Waals surface area contributed by atoms with Gasteiger partial charge in [-0.15, -0.1) is 0 Å². The molecule has 3 aromatic rings. The van der Waals surface area contributed by atoms with Crippen molar-refractivity contribution in [3.05, 3.63) is 72.3 Å². The fourth-order valence-corrected chi connectivity index (χ4v) is 3.06. The van der Waals surface area contributed by atoms with Crippen LogP contribution in [-0.4, -0.2) is 31.8 Å². The maximum absolute atomic E-state index is 12.0. The Labute approximate surface area is 166 Å². The molecule has 0 aromatic heterocycles. The fraction of sp³-hybridized carbons (Fsp3) is 0.217. The van der Waals surface area contributed by atoms with Crippen LogP contribution in [0.3, 0.4) is 0 Å². The molecule has 0 aliphatic heterocycles. The lowest BCUT2D eigenvalue weighted by Crippen LogP contribution is -2.25. The zero-order valence-corrected chi connectivity index (χ0v) is 16.4. The van der Waals surface area contributed by atoms with E-state index in [0.29, 0.717) is 0 Å². The number of hydrogen-bond donors (Lipinski definition) is 2. The molecular weight excluding hydrogens is 348 g/mol. The Balaban J connectivity index is 1.49. The Morgan fingerprint density at radius 3 is 2.39 bits per heavy atom. The molecule has 3 rings (SSSR count). The second-order valence-corrected chi connectivity index (χ2v) is 6.47. The Morgan fingerprint density at radius 2 is 1.68 bits per heavy atom. The van der Waals surface area contributed by atoms with Crippen molar-refractivity contribution in [1.82, 2.24) is 5.43 Å². The minimum Gasteiger partial charge on any atom is -0.376 e. The van der Waals surface area contributed by atoms with Gasteiger partial charge in [-0.05, 0) is 54.4 Å². The van der Waals surface area contributed by atoms with E-state index in [-0.39, 0.29) is 12.5 Å². The van der Waals surface area contributed by atoms with Crippen molar-refractivity contribution in [2.45, 2.75) is 13.8 Å². The predicted molar refractivity (Wildman–Crippen MR) is 118 cm³/mol. The highest BCUT2D eigenvalue weighted by Gasteiger charge is 2.02. The van der Waals surface area contributed by atoms with Crippen LogP contribution in [0.25, 0.3) is 10.8 Å². The topological polar surface area (TPSA) is 56.7 Å². The van der Waals surface area contributed by atoms with Gasteiger partial charge >= 0.3 is 0 Å². The summed E-state index contributed by atoms with van der Waals surface area (Å²) in [6, 6.07) is 22.3.